The van der Waals surface area contributed by atoms with E-state index in [0.29, 0.717) is 0 Å². The van der Waals surface area contributed by atoms with Gasteiger partial charge in [-0.25, -0.2) is 0 Å². The van der Waals surface area contributed by atoms with E-state index in [0.717, 1.165) is 0 Å². The first kappa shape index (κ1) is 13.0. The zero-order valence-electron chi connectivity index (χ0n) is 9.71. The van der Waals surface area contributed by atoms with Crippen LogP contribution in [-0.4, -0.2) is 40.0 Å². The molecule has 0 aliphatic carbocycles. The van der Waals surface area contributed by atoms with Crippen LogP contribution in [0.1, 0.15) is 16.8 Å². The Balaban J connectivity index is 2.78. The van der Waals surface area contributed by atoms with E-state index in [1.807, 2.05) is 0 Å². The Hall–Kier alpha value is -2.11. The second-order valence-electron chi connectivity index (χ2n) is 3.74. The summed E-state index contributed by atoms with van der Waals surface area (Å²) in [6, 6.07) is 2.76. The van der Waals surface area contributed by atoms with Crippen LogP contribution in [0.5, 0.6) is 0 Å². The molecule has 0 unspecified atom stereocenters. The van der Waals surface area contributed by atoms with E-state index in [9.17, 15) is 14.4 Å². The highest BCUT2D eigenvalue weighted by molar-refractivity contribution is 5.94. The van der Waals surface area contributed by atoms with Crippen molar-refractivity contribution in [3.63, 3.8) is 0 Å². The molecule has 1 aromatic heterocycles. The number of carboxylic acid groups (broad SMARTS) is 1. The fourth-order valence-corrected chi connectivity index (χ4v) is 1.27. The molecule has 0 aromatic carbocycles. The molecule has 0 aliphatic heterocycles. The van der Waals surface area contributed by atoms with Gasteiger partial charge in [0.15, 0.2) is 0 Å². The molecule has 1 heterocycles. The molecule has 1 amide bonds. The Morgan fingerprint density at radius 1 is 1.47 bits per heavy atom. The van der Waals surface area contributed by atoms with Gasteiger partial charge < -0.3 is 14.6 Å². The van der Waals surface area contributed by atoms with E-state index in [-0.39, 0.29) is 30.0 Å². The van der Waals surface area contributed by atoms with Crippen molar-refractivity contribution in [2.75, 3.05) is 13.6 Å². The summed E-state index contributed by atoms with van der Waals surface area (Å²) in [6.45, 7) is 0.114. The number of hydrogen-bond acceptors (Lipinski definition) is 3. The highest BCUT2D eigenvalue weighted by Gasteiger charge is 2.13. The van der Waals surface area contributed by atoms with Gasteiger partial charge in [-0.1, -0.05) is 0 Å². The molecular weight excluding hydrogens is 224 g/mol. The Morgan fingerprint density at radius 3 is 2.65 bits per heavy atom. The summed E-state index contributed by atoms with van der Waals surface area (Å²) in [5.74, 6) is -1.32. The molecule has 92 valence electrons. The molecule has 0 spiro atoms. The van der Waals surface area contributed by atoms with Crippen molar-refractivity contribution < 1.29 is 14.7 Å². The minimum atomic E-state index is -0.964. The van der Waals surface area contributed by atoms with Crippen LogP contribution in [0.3, 0.4) is 0 Å². The first-order chi connectivity index (χ1) is 7.91. The fourth-order valence-electron chi connectivity index (χ4n) is 1.27. The van der Waals surface area contributed by atoms with Gasteiger partial charge in [-0.15, -0.1) is 0 Å². The summed E-state index contributed by atoms with van der Waals surface area (Å²) in [7, 11) is 3.09. The lowest BCUT2D eigenvalue weighted by molar-refractivity contribution is -0.137. The normalized spacial score (nSPS) is 10.0. The summed E-state index contributed by atoms with van der Waals surface area (Å²) in [5, 5.41) is 8.50. The minimum Gasteiger partial charge on any atom is -0.481 e. The Labute approximate surface area is 98.1 Å². The number of hydrogen-bond donors (Lipinski definition) is 1. The van der Waals surface area contributed by atoms with Gasteiger partial charge in [0.2, 0.25) is 0 Å². The fraction of sp³-hybridized carbons (Fsp3) is 0.364. The van der Waals surface area contributed by atoms with Crippen LogP contribution < -0.4 is 5.56 Å². The van der Waals surface area contributed by atoms with E-state index in [1.54, 1.807) is 7.05 Å². The summed E-state index contributed by atoms with van der Waals surface area (Å²) >= 11 is 0. The molecule has 0 aliphatic rings. The van der Waals surface area contributed by atoms with Crippen LogP contribution in [0, 0.1) is 0 Å². The van der Waals surface area contributed by atoms with Crippen LogP contribution in [0.4, 0.5) is 0 Å². The van der Waals surface area contributed by atoms with E-state index < -0.39 is 5.97 Å². The highest BCUT2D eigenvalue weighted by atomic mass is 16.4. The molecule has 0 fully saturated rings. The molecule has 6 heteroatoms. The number of carboxylic acids is 1. The van der Waals surface area contributed by atoms with Crippen molar-refractivity contribution >= 4 is 11.9 Å². The second kappa shape index (κ2) is 5.29. The van der Waals surface area contributed by atoms with E-state index in [2.05, 4.69) is 0 Å². The van der Waals surface area contributed by atoms with Gasteiger partial charge in [0.05, 0.1) is 6.42 Å². The maximum atomic E-state index is 11.8. The van der Waals surface area contributed by atoms with Crippen LogP contribution >= 0.6 is 0 Å². The number of aryl methyl sites for hydroxylation is 1. The van der Waals surface area contributed by atoms with E-state index >= 15 is 0 Å². The number of pyridine rings is 1. The molecule has 0 saturated carbocycles. The number of carbonyl (C=O) groups is 2. The van der Waals surface area contributed by atoms with E-state index in [4.69, 9.17) is 5.11 Å². The van der Waals surface area contributed by atoms with Crippen LogP contribution in [0.2, 0.25) is 0 Å². The third-order valence-corrected chi connectivity index (χ3v) is 2.36. The van der Waals surface area contributed by atoms with Gasteiger partial charge in [-0.3, -0.25) is 14.4 Å². The molecular formula is C11H14N2O4. The lowest BCUT2D eigenvalue weighted by atomic mass is 10.2. The van der Waals surface area contributed by atoms with Gasteiger partial charge >= 0.3 is 5.97 Å². The Kier molecular flexibility index (Phi) is 4.03. The van der Waals surface area contributed by atoms with Gasteiger partial charge in [0, 0.05) is 38.5 Å². The number of rotatable bonds is 4. The predicted molar refractivity (Wildman–Crippen MR) is 60.9 cm³/mol. The largest absolute Gasteiger partial charge is 0.481 e. The van der Waals surface area contributed by atoms with Crippen molar-refractivity contribution in [3.05, 3.63) is 34.2 Å². The molecule has 0 radical (unpaired) electrons. The van der Waals surface area contributed by atoms with Gasteiger partial charge in [0.1, 0.15) is 0 Å². The first-order valence-corrected chi connectivity index (χ1v) is 5.05. The molecule has 6 nitrogen and oxygen atoms in total. The molecule has 1 aromatic rings. The second-order valence-corrected chi connectivity index (χ2v) is 3.74. The maximum Gasteiger partial charge on any atom is 0.305 e. The van der Waals surface area contributed by atoms with Crippen molar-refractivity contribution in [2.24, 2.45) is 7.05 Å². The Bertz CT molecular complexity index is 492. The average Bonchev–Trinajstić information content (AvgIpc) is 2.28. The zero-order chi connectivity index (χ0) is 13.0. The average molecular weight is 238 g/mol. The molecule has 0 bridgehead atoms. The van der Waals surface area contributed by atoms with Gasteiger partial charge in [-0.2, -0.15) is 0 Å². The quantitative estimate of drug-likeness (QED) is 0.796. The molecule has 17 heavy (non-hydrogen) atoms. The number of aromatic nitrogens is 1. The smallest absolute Gasteiger partial charge is 0.305 e. The lowest BCUT2D eigenvalue weighted by Crippen LogP contribution is -2.30. The maximum absolute atomic E-state index is 11.8. The predicted octanol–water partition coefficient (Wildman–Crippen LogP) is -0.0680. The van der Waals surface area contributed by atoms with Crippen LogP contribution in [0.25, 0.3) is 0 Å². The number of carbonyl (C=O) groups excluding carboxylic acids is 1. The highest BCUT2D eigenvalue weighted by Crippen LogP contribution is 2.01. The summed E-state index contributed by atoms with van der Waals surface area (Å²) in [4.78, 5) is 34.8. The number of aliphatic carboxylic acids is 1. The molecule has 0 saturated heterocycles. The third-order valence-electron chi connectivity index (χ3n) is 2.36. The summed E-state index contributed by atoms with van der Waals surface area (Å²) in [5.41, 5.74) is -0.0107. The van der Waals surface area contributed by atoms with Crippen LogP contribution in [-0.2, 0) is 11.8 Å². The van der Waals surface area contributed by atoms with Gasteiger partial charge in [-0.05, 0) is 6.07 Å². The van der Waals surface area contributed by atoms with E-state index in [1.165, 1.54) is 34.8 Å². The topological polar surface area (TPSA) is 79.6 Å². The lowest BCUT2D eigenvalue weighted by Gasteiger charge is -2.15. The standard InChI is InChI=1S/C11H14N2O4/c1-12-5-3-8(7-9(12)14)11(17)13(2)6-4-10(15)16/h3,5,7H,4,6H2,1-2H3,(H,15,16). The summed E-state index contributed by atoms with van der Waals surface area (Å²) in [6.07, 6.45) is 1.38. The van der Waals surface area contributed by atoms with Crippen molar-refractivity contribution in [3.8, 4) is 0 Å². The van der Waals surface area contributed by atoms with Crippen molar-refractivity contribution in [1.82, 2.24) is 9.47 Å². The molecule has 0 atom stereocenters. The summed E-state index contributed by atoms with van der Waals surface area (Å²) < 4.78 is 1.36. The van der Waals surface area contributed by atoms with Gasteiger partial charge in [0.25, 0.3) is 11.5 Å². The first-order valence-electron chi connectivity index (χ1n) is 5.05. The number of amides is 1. The molecule has 1 N–H and O–H groups in total. The van der Waals surface area contributed by atoms with Crippen molar-refractivity contribution in [1.29, 1.82) is 0 Å². The minimum absolute atomic E-state index is 0.114. The monoisotopic (exact) mass is 238 g/mol. The zero-order valence-corrected chi connectivity index (χ0v) is 9.71. The third kappa shape index (κ3) is 3.44. The molecule has 1 rings (SSSR count). The van der Waals surface area contributed by atoms with Crippen LogP contribution in [0.15, 0.2) is 23.1 Å². The number of nitrogens with zero attached hydrogens (tertiary/aromatic N) is 2. The SMILES string of the molecule is CN(CCC(=O)O)C(=O)c1ccn(C)c(=O)c1. The van der Waals surface area contributed by atoms with Crippen molar-refractivity contribution in [2.45, 2.75) is 6.42 Å². The Morgan fingerprint density at radius 2 is 2.12 bits per heavy atom.